The first-order valence-corrected chi connectivity index (χ1v) is 9.03. The van der Waals surface area contributed by atoms with E-state index in [1.54, 1.807) is 0 Å². The molecule has 5 nitrogen and oxygen atoms in total. The lowest BCUT2D eigenvalue weighted by Crippen LogP contribution is -2.46. The van der Waals surface area contributed by atoms with E-state index in [9.17, 15) is 9.59 Å². The quantitative estimate of drug-likeness (QED) is 0.637. The summed E-state index contributed by atoms with van der Waals surface area (Å²) in [5, 5.41) is 2.90. The van der Waals surface area contributed by atoms with Crippen molar-refractivity contribution >= 4 is 12.1 Å². The normalized spacial score (nSPS) is 20.9. The van der Waals surface area contributed by atoms with Gasteiger partial charge in [0.15, 0.2) is 0 Å². The minimum atomic E-state index is -0.585. The molecular formula is C21H29NO4. The molecule has 1 fully saturated rings. The molecule has 1 aromatic carbocycles. The molecule has 0 radical (unpaired) electrons. The van der Waals surface area contributed by atoms with Crippen molar-refractivity contribution in [3.63, 3.8) is 0 Å². The first kappa shape index (κ1) is 20.0. The first-order chi connectivity index (χ1) is 12.1. The number of carbonyl (C=O) groups is 2. The number of rotatable bonds is 5. The van der Waals surface area contributed by atoms with Crippen molar-refractivity contribution in [1.82, 2.24) is 5.32 Å². The monoisotopic (exact) mass is 359 g/mol. The Kier molecular flexibility index (Phi) is 6.46. The molecule has 1 aliphatic heterocycles. The van der Waals surface area contributed by atoms with Gasteiger partial charge in [0, 0.05) is 6.42 Å². The molecule has 2 rings (SSSR count). The topological polar surface area (TPSA) is 64.6 Å². The maximum absolute atomic E-state index is 12.3. The fourth-order valence-corrected chi connectivity index (χ4v) is 3.02. The lowest BCUT2D eigenvalue weighted by molar-refractivity contribution is -0.144. The number of hydrogen-bond donors (Lipinski definition) is 1. The molecule has 0 aliphatic carbocycles. The van der Waals surface area contributed by atoms with Crippen LogP contribution in [0.1, 0.15) is 46.6 Å². The molecule has 0 unspecified atom stereocenters. The summed E-state index contributed by atoms with van der Waals surface area (Å²) in [6.45, 7) is 9.37. The van der Waals surface area contributed by atoms with Crippen LogP contribution in [0.15, 0.2) is 42.0 Å². The van der Waals surface area contributed by atoms with Gasteiger partial charge in [-0.25, -0.2) is 4.79 Å². The van der Waals surface area contributed by atoms with Crippen molar-refractivity contribution in [3.8, 4) is 0 Å². The third kappa shape index (κ3) is 6.21. The Bertz CT molecular complexity index is 656. The van der Waals surface area contributed by atoms with E-state index in [0.29, 0.717) is 12.8 Å². The zero-order chi connectivity index (χ0) is 19.3. The van der Waals surface area contributed by atoms with Crippen molar-refractivity contribution in [1.29, 1.82) is 0 Å². The van der Waals surface area contributed by atoms with Crippen LogP contribution in [0, 0.1) is 5.92 Å². The molecule has 0 bridgehead atoms. The van der Waals surface area contributed by atoms with Crippen molar-refractivity contribution < 1.29 is 19.1 Å². The zero-order valence-electron chi connectivity index (χ0n) is 16.2. The Morgan fingerprint density at radius 2 is 1.96 bits per heavy atom. The fourth-order valence-electron chi connectivity index (χ4n) is 3.02. The molecule has 0 spiro atoms. The summed E-state index contributed by atoms with van der Waals surface area (Å²) in [5.74, 6) is -0.496. The summed E-state index contributed by atoms with van der Waals surface area (Å²) in [7, 11) is 0. The number of allylic oxidation sites excluding steroid dienone is 1. The maximum atomic E-state index is 12.3. The lowest BCUT2D eigenvalue weighted by Gasteiger charge is -2.26. The lowest BCUT2D eigenvalue weighted by atomic mass is 9.95. The van der Waals surface area contributed by atoms with Gasteiger partial charge in [-0.2, -0.15) is 0 Å². The number of cyclic esters (lactones) is 1. The van der Waals surface area contributed by atoms with Crippen LogP contribution in [0.4, 0.5) is 4.79 Å². The summed E-state index contributed by atoms with van der Waals surface area (Å²) >= 11 is 0. The highest BCUT2D eigenvalue weighted by atomic mass is 16.6. The molecule has 1 amide bonds. The van der Waals surface area contributed by atoms with Gasteiger partial charge in [0.25, 0.3) is 0 Å². The summed E-state index contributed by atoms with van der Waals surface area (Å²) in [6, 6.07) is 9.49. The van der Waals surface area contributed by atoms with Gasteiger partial charge in [-0.05, 0) is 46.6 Å². The van der Waals surface area contributed by atoms with E-state index in [1.807, 2.05) is 71.0 Å². The molecule has 26 heavy (non-hydrogen) atoms. The second-order valence-electron chi connectivity index (χ2n) is 8.00. The largest absolute Gasteiger partial charge is 0.460 e. The molecule has 1 aliphatic rings. The molecule has 1 N–H and O–H groups in total. The van der Waals surface area contributed by atoms with Crippen LogP contribution in [0.5, 0.6) is 0 Å². The maximum Gasteiger partial charge on any atom is 0.408 e. The average Bonchev–Trinajstić information content (AvgIpc) is 2.86. The third-order valence-corrected chi connectivity index (χ3v) is 4.04. The van der Waals surface area contributed by atoms with E-state index < -0.39 is 11.7 Å². The molecular weight excluding hydrogens is 330 g/mol. The van der Waals surface area contributed by atoms with E-state index in [-0.39, 0.29) is 24.0 Å². The number of benzene rings is 1. The van der Waals surface area contributed by atoms with Gasteiger partial charge in [-0.3, -0.25) is 4.79 Å². The molecule has 0 saturated carbocycles. The number of ether oxygens (including phenoxy) is 2. The molecule has 1 aromatic rings. The summed E-state index contributed by atoms with van der Waals surface area (Å²) in [6.07, 6.45) is 2.17. The zero-order valence-corrected chi connectivity index (χ0v) is 16.2. The van der Waals surface area contributed by atoms with Crippen LogP contribution in [0.2, 0.25) is 0 Å². The van der Waals surface area contributed by atoms with E-state index in [1.165, 1.54) is 0 Å². The Labute approximate surface area is 155 Å². The van der Waals surface area contributed by atoms with Crippen LogP contribution in [0.25, 0.3) is 0 Å². The van der Waals surface area contributed by atoms with Crippen LogP contribution in [-0.2, 0) is 20.7 Å². The highest BCUT2D eigenvalue weighted by Crippen LogP contribution is 2.27. The number of nitrogens with one attached hydrogen (secondary N) is 1. The van der Waals surface area contributed by atoms with Gasteiger partial charge in [0.05, 0.1) is 12.0 Å². The van der Waals surface area contributed by atoms with Crippen molar-refractivity contribution in [2.45, 2.75) is 65.2 Å². The minimum absolute atomic E-state index is 0.236. The van der Waals surface area contributed by atoms with Gasteiger partial charge in [0.2, 0.25) is 0 Å². The van der Waals surface area contributed by atoms with Gasteiger partial charge in [-0.15, -0.1) is 0 Å². The highest BCUT2D eigenvalue weighted by molar-refractivity contribution is 5.77. The predicted octanol–water partition coefficient (Wildman–Crippen LogP) is 4.02. The number of amides is 1. The van der Waals surface area contributed by atoms with Crippen LogP contribution in [-0.4, -0.2) is 29.8 Å². The highest BCUT2D eigenvalue weighted by Gasteiger charge is 2.39. The number of hydrogen-bond acceptors (Lipinski definition) is 4. The Balaban J connectivity index is 2.14. The van der Waals surface area contributed by atoms with Gasteiger partial charge < -0.3 is 14.8 Å². The molecule has 3 atom stereocenters. The standard InChI is InChI=1S/C21H29NO4/c1-14(2)11-16-13-18(25-19(16)23)17(12-15-9-7-6-8-10-15)22-20(24)26-21(3,4)5/h6-11,16-18H,12-13H2,1-5H3,(H,22,24)/t16-,17+,18+/m1/s1. The van der Waals surface area contributed by atoms with E-state index in [4.69, 9.17) is 9.47 Å². The number of esters is 1. The molecule has 5 heteroatoms. The van der Waals surface area contributed by atoms with Gasteiger partial charge in [0.1, 0.15) is 11.7 Å². The number of carbonyl (C=O) groups excluding carboxylic acids is 2. The summed E-state index contributed by atoms with van der Waals surface area (Å²) in [4.78, 5) is 24.5. The molecule has 0 aromatic heterocycles. The van der Waals surface area contributed by atoms with Gasteiger partial charge in [-0.1, -0.05) is 42.0 Å². The predicted molar refractivity (Wildman–Crippen MR) is 101 cm³/mol. The fraction of sp³-hybridized carbons (Fsp3) is 0.524. The second kappa shape index (κ2) is 8.39. The number of alkyl carbamates (subject to hydrolysis) is 1. The first-order valence-electron chi connectivity index (χ1n) is 9.03. The van der Waals surface area contributed by atoms with Crippen molar-refractivity contribution in [3.05, 3.63) is 47.5 Å². The van der Waals surface area contributed by atoms with Crippen molar-refractivity contribution in [2.24, 2.45) is 5.92 Å². The van der Waals surface area contributed by atoms with E-state index in [2.05, 4.69) is 5.32 Å². The SMILES string of the molecule is CC(C)=C[C@@H]1C[C@@H]([C@H](Cc2ccccc2)NC(=O)OC(C)(C)C)OC1=O. The van der Waals surface area contributed by atoms with Crippen LogP contribution >= 0.6 is 0 Å². The van der Waals surface area contributed by atoms with Gasteiger partial charge >= 0.3 is 12.1 Å². The molecule has 1 saturated heterocycles. The van der Waals surface area contributed by atoms with E-state index in [0.717, 1.165) is 11.1 Å². The molecule has 142 valence electrons. The van der Waals surface area contributed by atoms with E-state index >= 15 is 0 Å². The smallest absolute Gasteiger partial charge is 0.408 e. The van der Waals surface area contributed by atoms with Crippen LogP contribution in [0.3, 0.4) is 0 Å². The Morgan fingerprint density at radius 1 is 1.31 bits per heavy atom. The molecule has 1 heterocycles. The Morgan fingerprint density at radius 3 is 2.54 bits per heavy atom. The Hall–Kier alpha value is -2.30. The summed E-state index contributed by atoms with van der Waals surface area (Å²) < 4.78 is 11.0. The van der Waals surface area contributed by atoms with Crippen LogP contribution < -0.4 is 5.32 Å². The average molecular weight is 359 g/mol. The minimum Gasteiger partial charge on any atom is -0.460 e. The second-order valence-corrected chi connectivity index (χ2v) is 8.00. The van der Waals surface area contributed by atoms with Crippen molar-refractivity contribution in [2.75, 3.05) is 0 Å². The summed E-state index contributed by atoms with van der Waals surface area (Å²) in [5.41, 5.74) is 1.56. The third-order valence-electron chi connectivity index (χ3n) is 4.04.